The predicted molar refractivity (Wildman–Crippen MR) is 67.1 cm³/mol. The van der Waals surface area contributed by atoms with E-state index in [4.69, 9.17) is 5.11 Å². The van der Waals surface area contributed by atoms with Gasteiger partial charge in [0, 0.05) is 6.42 Å². The topological polar surface area (TPSA) is 80.9 Å². The number of nitrogens with zero attached hydrogens (tertiary/aromatic N) is 4. The first-order chi connectivity index (χ1) is 8.20. The van der Waals surface area contributed by atoms with Crippen LogP contribution in [0.4, 0.5) is 0 Å². The number of tetrazole rings is 1. The van der Waals surface area contributed by atoms with E-state index in [2.05, 4.69) is 36.3 Å². The second-order valence-corrected chi connectivity index (χ2v) is 6.19. The lowest BCUT2D eigenvalue weighted by Gasteiger charge is -2.23. The van der Waals surface area contributed by atoms with Crippen LogP contribution in [0.1, 0.15) is 52.9 Å². The maximum absolute atomic E-state index is 10.9. The fraction of sp³-hybridized carbons (Fsp3) is 0.833. The molecule has 1 heterocycles. The van der Waals surface area contributed by atoms with Gasteiger partial charge < -0.3 is 5.11 Å². The van der Waals surface area contributed by atoms with Gasteiger partial charge in [-0.05, 0) is 21.8 Å². The Balaban J connectivity index is 2.99. The molecule has 0 bridgehead atoms. The zero-order chi connectivity index (χ0) is 13.9. The highest BCUT2D eigenvalue weighted by Gasteiger charge is 2.25. The van der Waals surface area contributed by atoms with Crippen LogP contribution < -0.4 is 0 Å². The summed E-state index contributed by atoms with van der Waals surface area (Å²) in [7, 11) is 0. The smallest absolute Gasteiger partial charge is 0.305 e. The molecule has 0 saturated carbocycles. The third-order valence-electron chi connectivity index (χ3n) is 2.72. The van der Waals surface area contributed by atoms with E-state index < -0.39 is 5.97 Å². The summed E-state index contributed by atoms with van der Waals surface area (Å²) in [5.74, 6) is 0.0941. The Kier molecular flexibility index (Phi) is 4.43. The van der Waals surface area contributed by atoms with Gasteiger partial charge in [0.1, 0.15) is 0 Å². The van der Waals surface area contributed by atoms with Crippen LogP contribution in [0.5, 0.6) is 0 Å². The number of hydrogen-bond donors (Lipinski definition) is 1. The number of carboxylic acid groups (broad SMARTS) is 1. The van der Waals surface area contributed by atoms with Crippen molar-refractivity contribution in [2.24, 2.45) is 11.3 Å². The number of rotatable bonds is 5. The van der Waals surface area contributed by atoms with Gasteiger partial charge in [0.05, 0.1) is 12.5 Å². The minimum absolute atomic E-state index is 0.0415. The summed E-state index contributed by atoms with van der Waals surface area (Å²) in [5, 5.41) is 20.6. The molecule has 0 aliphatic rings. The first-order valence-corrected chi connectivity index (χ1v) is 6.19. The molecule has 1 N–H and O–H groups in total. The number of aliphatic carboxylic acids is 1. The summed E-state index contributed by atoms with van der Waals surface area (Å²) < 4.78 is 1.67. The van der Waals surface area contributed by atoms with Crippen molar-refractivity contribution < 1.29 is 9.90 Å². The molecule has 0 fully saturated rings. The van der Waals surface area contributed by atoms with E-state index in [0.717, 1.165) is 12.2 Å². The molecule has 1 atom stereocenters. The van der Waals surface area contributed by atoms with Gasteiger partial charge in [0.25, 0.3) is 0 Å². The molecule has 1 rings (SSSR count). The minimum Gasteiger partial charge on any atom is -0.481 e. The van der Waals surface area contributed by atoms with E-state index in [1.165, 1.54) is 0 Å². The van der Waals surface area contributed by atoms with Crippen LogP contribution in [-0.2, 0) is 11.2 Å². The maximum atomic E-state index is 10.9. The van der Waals surface area contributed by atoms with Crippen molar-refractivity contribution in [1.82, 2.24) is 20.2 Å². The highest BCUT2D eigenvalue weighted by molar-refractivity contribution is 5.67. The van der Waals surface area contributed by atoms with Gasteiger partial charge in [-0.3, -0.25) is 4.79 Å². The van der Waals surface area contributed by atoms with E-state index in [0.29, 0.717) is 0 Å². The van der Waals surface area contributed by atoms with Gasteiger partial charge in [-0.15, -0.1) is 5.10 Å². The molecule has 0 spiro atoms. The summed E-state index contributed by atoms with van der Waals surface area (Å²) in [6.45, 7) is 10.3. The number of carboxylic acids is 1. The Hall–Kier alpha value is -1.46. The van der Waals surface area contributed by atoms with Crippen molar-refractivity contribution in [1.29, 1.82) is 0 Å². The molecule has 1 aromatic heterocycles. The van der Waals surface area contributed by atoms with Crippen LogP contribution >= 0.6 is 0 Å². The molecule has 0 saturated heterocycles. The molecule has 18 heavy (non-hydrogen) atoms. The second kappa shape index (κ2) is 5.46. The van der Waals surface area contributed by atoms with E-state index in [1.807, 2.05) is 13.8 Å². The fourth-order valence-electron chi connectivity index (χ4n) is 1.84. The van der Waals surface area contributed by atoms with Crippen LogP contribution in [0, 0.1) is 11.3 Å². The van der Waals surface area contributed by atoms with Crippen molar-refractivity contribution >= 4 is 5.97 Å². The van der Waals surface area contributed by atoms with Crippen molar-refractivity contribution in [2.45, 2.75) is 53.5 Å². The summed E-state index contributed by atoms with van der Waals surface area (Å²) in [4.78, 5) is 10.9. The van der Waals surface area contributed by atoms with Crippen molar-refractivity contribution in [2.75, 3.05) is 0 Å². The van der Waals surface area contributed by atoms with Crippen LogP contribution in [0.25, 0.3) is 0 Å². The number of aromatic nitrogens is 4. The average Bonchev–Trinajstić information content (AvgIpc) is 2.58. The Morgan fingerprint density at radius 1 is 1.39 bits per heavy atom. The molecule has 0 aliphatic carbocycles. The summed E-state index contributed by atoms with van der Waals surface area (Å²) in [6.07, 6.45) is 0.767. The molecule has 0 radical (unpaired) electrons. The van der Waals surface area contributed by atoms with Crippen LogP contribution in [0.15, 0.2) is 0 Å². The molecule has 0 aromatic carbocycles. The molecule has 6 heteroatoms. The third kappa shape index (κ3) is 4.09. The van der Waals surface area contributed by atoms with Crippen LogP contribution in [0.3, 0.4) is 0 Å². The highest BCUT2D eigenvalue weighted by atomic mass is 16.4. The fourth-order valence-corrected chi connectivity index (χ4v) is 1.84. The van der Waals surface area contributed by atoms with Crippen molar-refractivity contribution in [3.63, 3.8) is 0 Å². The predicted octanol–water partition coefficient (Wildman–Crippen LogP) is 1.93. The zero-order valence-electron chi connectivity index (χ0n) is 11.7. The standard InChI is InChI=1S/C12H22N4O2/c1-8(2)9(6-11(17)18)16-10(13-14-15-16)7-12(3,4)5/h8-9H,6-7H2,1-5H3,(H,17,18). The molecule has 0 aliphatic heterocycles. The molecule has 102 valence electrons. The van der Waals surface area contributed by atoms with Gasteiger partial charge >= 0.3 is 5.97 Å². The first kappa shape index (κ1) is 14.6. The molecule has 6 nitrogen and oxygen atoms in total. The zero-order valence-corrected chi connectivity index (χ0v) is 11.7. The molecular weight excluding hydrogens is 232 g/mol. The Labute approximate surface area is 107 Å². The Morgan fingerprint density at radius 2 is 2.00 bits per heavy atom. The Bertz CT molecular complexity index is 406. The highest BCUT2D eigenvalue weighted by Crippen LogP contribution is 2.25. The quantitative estimate of drug-likeness (QED) is 0.868. The van der Waals surface area contributed by atoms with Crippen LogP contribution in [0.2, 0.25) is 0 Å². The van der Waals surface area contributed by atoms with E-state index in [-0.39, 0.29) is 23.8 Å². The first-order valence-electron chi connectivity index (χ1n) is 6.19. The third-order valence-corrected chi connectivity index (χ3v) is 2.72. The summed E-state index contributed by atoms with van der Waals surface area (Å²) >= 11 is 0. The second-order valence-electron chi connectivity index (χ2n) is 6.19. The number of hydrogen-bond acceptors (Lipinski definition) is 4. The van der Waals surface area contributed by atoms with E-state index in [9.17, 15) is 4.79 Å². The van der Waals surface area contributed by atoms with Gasteiger partial charge in [0.2, 0.25) is 0 Å². The molecule has 0 amide bonds. The number of carbonyl (C=O) groups is 1. The summed E-state index contributed by atoms with van der Waals surface area (Å²) in [6, 6.07) is -0.199. The lowest BCUT2D eigenvalue weighted by atomic mass is 9.91. The lowest BCUT2D eigenvalue weighted by molar-refractivity contribution is -0.138. The SMILES string of the molecule is CC(C)C(CC(=O)O)n1nnnc1CC(C)(C)C. The molecule has 1 aromatic rings. The minimum atomic E-state index is -0.828. The Morgan fingerprint density at radius 3 is 2.44 bits per heavy atom. The normalized spacial score (nSPS) is 13.9. The van der Waals surface area contributed by atoms with Gasteiger partial charge in [-0.1, -0.05) is 34.6 Å². The summed E-state index contributed by atoms with van der Waals surface area (Å²) in [5.41, 5.74) is 0.0667. The van der Waals surface area contributed by atoms with Gasteiger partial charge in [-0.2, -0.15) is 0 Å². The molecule has 1 unspecified atom stereocenters. The van der Waals surface area contributed by atoms with E-state index >= 15 is 0 Å². The van der Waals surface area contributed by atoms with Gasteiger partial charge in [0.15, 0.2) is 5.82 Å². The van der Waals surface area contributed by atoms with E-state index in [1.54, 1.807) is 4.68 Å². The van der Waals surface area contributed by atoms with Gasteiger partial charge in [-0.25, -0.2) is 4.68 Å². The van der Waals surface area contributed by atoms with Crippen molar-refractivity contribution in [3.05, 3.63) is 5.82 Å². The maximum Gasteiger partial charge on any atom is 0.305 e. The lowest BCUT2D eigenvalue weighted by Crippen LogP contribution is -2.24. The van der Waals surface area contributed by atoms with Crippen LogP contribution in [-0.4, -0.2) is 31.3 Å². The monoisotopic (exact) mass is 254 g/mol. The average molecular weight is 254 g/mol. The van der Waals surface area contributed by atoms with Crippen molar-refractivity contribution in [3.8, 4) is 0 Å². The molecular formula is C12H22N4O2. The largest absolute Gasteiger partial charge is 0.481 e.